The highest BCUT2D eigenvalue weighted by Crippen LogP contribution is 2.35. The molecule has 2 unspecified atom stereocenters. The van der Waals surface area contributed by atoms with Crippen LogP contribution in [0.5, 0.6) is 5.75 Å². The van der Waals surface area contributed by atoms with E-state index in [0.29, 0.717) is 18.4 Å². The topological polar surface area (TPSA) is 40.5 Å². The van der Waals surface area contributed by atoms with Gasteiger partial charge in [0, 0.05) is 18.2 Å². The fraction of sp³-hybridized carbons (Fsp3) is 0.588. The lowest BCUT2D eigenvalue weighted by molar-refractivity contribution is -0.136. The Hall–Kier alpha value is -1.51. The smallest absolute Gasteiger partial charge is 0.227 e. The van der Waals surface area contributed by atoms with E-state index in [4.69, 9.17) is 0 Å². The number of benzene rings is 1. The number of likely N-dealkylation sites (tertiary alicyclic amines) is 1. The third-order valence-electron chi connectivity index (χ3n) is 4.90. The van der Waals surface area contributed by atoms with Crippen LogP contribution in [0.4, 0.5) is 0 Å². The monoisotopic (exact) mass is 273 g/mol. The molecular weight excluding hydrogens is 250 g/mol. The molecule has 3 heteroatoms. The maximum absolute atomic E-state index is 12.6. The SMILES string of the molecule is O=C(Cc1ccccc1O)N1CCCC2CCCCC21. The summed E-state index contributed by atoms with van der Waals surface area (Å²) < 4.78 is 0. The van der Waals surface area contributed by atoms with Gasteiger partial charge in [-0.25, -0.2) is 0 Å². The Bertz CT molecular complexity index is 484. The number of aromatic hydroxyl groups is 1. The van der Waals surface area contributed by atoms with Crippen LogP contribution in [0.2, 0.25) is 0 Å². The van der Waals surface area contributed by atoms with Crippen LogP contribution in [0, 0.1) is 5.92 Å². The Morgan fingerprint density at radius 2 is 1.90 bits per heavy atom. The molecule has 1 aromatic rings. The summed E-state index contributed by atoms with van der Waals surface area (Å²) >= 11 is 0. The Balaban J connectivity index is 1.71. The molecule has 0 radical (unpaired) electrons. The molecule has 2 aliphatic rings. The number of phenolic OH excluding ortho intramolecular Hbond substituents is 1. The molecule has 1 heterocycles. The highest BCUT2D eigenvalue weighted by Gasteiger charge is 2.35. The molecule has 1 N–H and O–H groups in total. The molecule has 0 spiro atoms. The minimum absolute atomic E-state index is 0.183. The van der Waals surface area contributed by atoms with Crippen LogP contribution >= 0.6 is 0 Å². The molecule has 3 nitrogen and oxygen atoms in total. The van der Waals surface area contributed by atoms with Gasteiger partial charge >= 0.3 is 0 Å². The molecule has 2 atom stereocenters. The molecular formula is C17H23NO2. The zero-order valence-electron chi connectivity index (χ0n) is 11.9. The lowest BCUT2D eigenvalue weighted by Crippen LogP contribution is -2.50. The lowest BCUT2D eigenvalue weighted by Gasteiger charge is -2.44. The Kier molecular flexibility index (Phi) is 3.95. The van der Waals surface area contributed by atoms with Crippen LogP contribution in [0.25, 0.3) is 0 Å². The van der Waals surface area contributed by atoms with Crippen LogP contribution in [-0.2, 0) is 11.2 Å². The number of piperidine rings is 1. The largest absolute Gasteiger partial charge is 0.508 e. The van der Waals surface area contributed by atoms with Crippen molar-refractivity contribution in [1.29, 1.82) is 0 Å². The second-order valence-corrected chi connectivity index (χ2v) is 6.15. The third-order valence-corrected chi connectivity index (χ3v) is 4.90. The van der Waals surface area contributed by atoms with Crippen LogP contribution in [-0.4, -0.2) is 28.5 Å². The van der Waals surface area contributed by atoms with Gasteiger partial charge in [-0.05, 0) is 37.7 Å². The minimum Gasteiger partial charge on any atom is -0.508 e. The average molecular weight is 273 g/mol. The van der Waals surface area contributed by atoms with E-state index in [1.807, 2.05) is 12.1 Å². The Morgan fingerprint density at radius 1 is 1.15 bits per heavy atom. The van der Waals surface area contributed by atoms with Gasteiger partial charge in [-0.15, -0.1) is 0 Å². The molecule has 108 valence electrons. The molecule has 1 aromatic carbocycles. The molecule has 2 fully saturated rings. The first kappa shape index (κ1) is 13.5. The van der Waals surface area contributed by atoms with E-state index in [-0.39, 0.29) is 11.7 Å². The number of carbonyl (C=O) groups is 1. The van der Waals surface area contributed by atoms with Gasteiger partial charge in [0.05, 0.1) is 6.42 Å². The number of para-hydroxylation sites is 1. The quantitative estimate of drug-likeness (QED) is 0.899. The highest BCUT2D eigenvalue weighted by molar-refractivity contribution is 5.80. The predicted octanol–water partition coefficient (Wildman–Crippen LogP) is 3.12. The van der Waals surface area contributed by atoms with Gasteiger partial charge < -0.3 is 10.0 Å². The van der Waals surface area contributed by atoms with Crippen molar-refractivity contribution in [2.45, 2.75) is 51.0 Å². The maximum atomic E-state index is 12.6. The fourth-order valence-corrected chi connectivity index (χ4v) is 3.86. The summed E-state index contributed by atoms with van der Waals surface area (Å²) in [5.41, 5.74) is 0.746. The number of hydrogen-bond donors (Lipinski definition) is 1. The maximum Gasteiger partial charge on any atom is 0.227 e. The van der Waals surface area contributed by atoms with E-state index in [2.05, 4.69) is 4.90 Å². The molecule has 1 saturated heterocycles. The molecule has 0 aromatic heterocycles. The number of fused-ring (bicyclic) bond motifs is 1. The lowest BCUT2D eigenvalue weighted by atomic mass is 9.78. The minimum atomic E-state index is 0.183. The summed E-state index contributed by atoms with van der Waals surface area (Å²) in [6, 6.07) is 7.62. The van der Waals surface area contributed by atoms with Crippen LogP contribution in [0.1, 0.15) is 44.1 Å². The number of hydrogen-bond acceptors (Lipinski definition) is 2. The van der Waals surface area contributed by atoms with E-state index in [1.165, 1.54) is 25.7 Å². The second-order valence-electron chi connectivity index (χ2n) is 6.15. The highest BCUT2D eigenvalue weighted by atomic mass is 16.3. The van der Waals surface area contributed by atoms with Crippen molar-refractivity contribution in [3.05, 3.63) is 29.8 Å². The normalized spacial score (nSPS) is 26.1. The standard InChI is InChI=1S/C17H23NO2/c19-16-10-4-2-7-14(16)12-17(20)18-11-5-8-13-6-1-3-9-15(13)18/h2,4,7,10,13,15,19H,1,3,5-6,8-9,11-12H2. The van der Waals surface area contributed by atoms with Crippen LogP contribution in [0.3, 0.4) is 0 Å². The van der Waals surface area contributed by atoms with Gasteiger partial charge in [0.25, 0.3) is 0 Å². The summed E-state index contributed by atoms with van der Waals surface area (Å²) in [6.07, 6.45) is 7.76. The first-order valence-corrected chi connectivity index (χ1v) is 7.82. The van der Waals surface area contributed by atoms with E-state index in [9.17, 15) is 9.90 Å². The van der Waals surface area contributed by atoms with Crippen molar-refractivity contribution in [2.24, 2.45) is 5.92 Å². The molecule has 1 amide bonds. The van der Waals surface area contributed by atoms with Crippen molar-refractivity contribution in [1.82, 2.24) is 4.90 Å². The molecule has 0 bridgehead atoms. The van der Waals surface area contributed by atoms with Crippen LogP contribution < -0.4 is 0 Å². The zero-order chi connectivity index (χ0) is 13.9. The van der Waals surface area contributed by atoms with E-state index in [0.717, 1.165) is 24.9 Å². The fourth-order valence-electron chi connectivity index (χ4n) is 3.86. The van der Waals surface area contributed by atoms with E-state index >= 15 is 0 Å². The molecule has 1 saturated carbocycles. The van der Waals surface area contributed by atoms with Crippen molar-refractivity contribution in [2.75, 3.05) is 6.54 Å². The number of nitrogens with zero attached hydrogens (tertiary/aromatic N) is 1. The first-order chi connectivity index (χ1) is 9.75. The van der Waals surface area contributed by atoms with E-state index in [1.54, 1.807) is 12.1 Å². The summed E-state index contributed by atoms with van der Waals surface area (Å²) in [5.74, 6) is 1.13. The van der Waals surface area contributed by atoms with Gasteiger partial charge in [0.15, 0.2) is 0 Å². The summed E-state index contributed by atoms with van der Waals surface area (Å²) in [5, 5.41) is 9.82. The van der Waals surface area contributed by atoms with E-state index < -0.39 is 0 Å². The molecule has 20 heavy (non-hydrogen) atoms. The summed E-state index contributed by atoms with van der Waals surface area (Å²) in [4.78, 5) is 14.7. The Morgan fingerprint density at radius 3 is 2.75 bits per heavy atom. The van der Waals surface area contributed by atoms with Crippen molar-refractivity contribution >= 4 is 5.91 Å². The number of carbonyl (C=O) groups excluding carboxylic acids is 1. The van der Waals surface area contributed by atoms with Gasteiger partial charge in [0.1, 0.15) is 5.75 Å². The van der Waals surface area contributed by atoms with Gasteiger partial charge in [0.2, 0.25) is 5.91 Å². The second kappa shape index (κ2) is 5.86. The predicted molar refractivity (Wildman–Crippen MR) is 78.5 cm³/mol. The number of rotatable bonds is 2. The van der Waals surface area contributed by atoms with Crippen molar-refractivity contribution < 1.29 is 9.90 Å². The molecule has 3 rings (SSSR count). The molecule has 1 aliphatic heterocycles. The first-order valence-electron chi connectivity index (χ1n) is 7.82. The van der Waals surface area contributed by atoms with Gasteiger partial charge in [-0.2, -0.15) is 0 Å². The number of phenols is 1. The van der Waals surface area contributed by atoms with Crippen molar-refractivity contribution in [3.63, 3.8) is 0 Å². The summed E-state index contributed by atoms with van der Waals surface area (Å²) in [7, 11) is 0. The third kappa shape index (κ3) is 2.67. The zero-order valence-corrected chi connectivity index (χ0v) is 11.9. The van der Waals surface area contributed by atoms with Crippen LogP contribution in [0.15, 0.2) is 24.3 Å². The number of amides is 1. The average Bonchev–Trinajstić information content (AvgIpc) is 2.49. The van der Waals surface area contributed by atoms with Gasteiger partial charge in [-0.3, -0.25) is 4.79 Å². The summed E-state index contributed by atoms with van der Waals surface area (Å²) in [6.45, 7) is 0.896. The van der Waals surface area contributed by atoms with Crippen molar-refractivity contribution in [3.8, 4) is 5.75 Å². The Labute approximate surface area is 120 Å². The molecule has 1 aliphatic carbocycles. The van der Waals surface area contributed by atoms with Gasteiger partial charge in [-0.1, -0.05) is 31.0 Å².